The molecule has 15 heteroatoms. The van der Waals surface area contributed by atoms with Gasteiger partial charge in [-0.15, -0.1) is 5.54 Å². The van der Waals surface area contributed by atoms with Crippen LogP contribution in [0.25, 0.3) is 32.9 Å². The normalized spacial score (nSPS) is 24.5. The standard InChI is InChI=1S/C49H63F3N6O5Si/c1-29(2)64(30(3)4,31(5)6)19-16-37-40(51)15-12-32-20-36(62-28-60-10)21-38(41(32)37)43-42(52)44-39(23-53-43)45(55-46(54-44)61-27-49-17-11-18-57(49)24-33(50)22-49)56-25-34-13-14-35(26-56)58(34)47(59)63-48(7,8)9/h12,15,20-21,23,29-31,33-35H,11,13-14,17-18,22,24-28H2,1-10H3/t33-,34?,35?,49+/m1/s1/i18D2,27D2. The second-order valence-corrected chi connectivity index (χ2v) is 25.3. The lowest BCUT2D eigenvalue weighted by molar-refractivity contribution is 0.0122. The summed E-state index contributed by atoms with van der Waals surface area (Å²) in [4.78, 5) is 32.3. The molecule has 4 atom stereocenters. The van der Waals surface area contributed by atoms with Gasteiger partial charge in [0.2, 0.25) is 0 Å². The highest BCUT2D eigenvalue weighted by molar-refractivity contribution is 6.90. The molecule has 4 saturated heterocycles. The van der Waals surface area contributed by atoms with Crippen molar-refractivity contribution in [2.45, 2.75) is 140 Å². The van der Waals surface area contributed by atoms with Gasteiger partial charge in [0.1, 0.15) is 55.0 Å². The van der Waals surface area contributed by atoms with Crippen molar-refractivity contribution in [3.63, 3.8) is 0 Å². The van der Waals surface area contributed by atoms with E-state index >= 15 is 13.2 Å². The van der Waals surface area contributed by atoms with Crippen LogP contribution >= 0.6 is 0 Å². The van der Waals surface area contributed by atoms with Crippen LogP contribution in [0.1, 0.15) is 105 Å². The lowest BCUT2D eigenvalue weighted by Gasteiger charge is -2.42. The molecule has 4 aliphatic heterocycles. The molecule has 8 rings (SSSR count). The Bertz CT molecular complexity index is 2640. The summed E-state index contributed by atoms with van der Waals surface area (Å²) < 4.78 is 109. The number of methoxy groups -OCH3 is 1. The molecule has 0 spiro atoms. The molecule has 2 unspecified atom stereocenters. The maximum absolute atomic E-state index is 18.0. The fraction of sp³-hybridized carbons (Fsp3) is 0.592. The first kappa shape index (κ1) is 40.8. The SMILES string of the molecule is [2H]C1([2H])CC[C@@]2(C([2H])([2H])Oc3nc(N4CC5CCC(C4)N5C(=O)OC(C)(C)C)c4cnc(-c5cc(OCOC)cc6ccc(F)c(C#C[Si](C(C)C)(C(C)C)C(C)C)c56)c(F)c4n3)C[C@@H](F)CN12. The van der Waals surface area contributed by atoms with E-state index in [4.69, 9.17) is 31.7 Å². The molecule has 4 fully saturated rings. The largest absolute Gasteiger partial charge is 0.468 e. The zero-order chi connectivity index (χ0) is 49.5. The molecule has 344 valence electrons. The van der Waals surface area contributed by atoms with E-state index in [-0.39, 0.29) is 108 Å². The smallest absolute Gasteiger partial charge is 0.410 e. The second kappa shape index (κ2) is 17.6. The molecule has 64 heavy (non-hydrogen) atoms. The van der Waals surface area contributed by atoms with Crippen molar-refractivity contribution in [3.8, 4) is 34.5 Å². The average Bonchev–Trinajstić information content (AvgIpc) is 3.84. The van der Waals surface area contributed by atoms with Crippen LogP contribution in [-0.2, 0) is 9.47 Å². The van der Waals surface area contributed by atoms with Crippen molar-refractivity contribution >= 4 is 41.7 Å². The van der Waals surface area contributed by atoms with Gasteiger partial charge in [0, 0.05) is 53.1 Å². The van der Waals surface area contributed by atoms with Gasteiger partial charge in [0.15, 0.2) is 12.6 Å². The Kier molecular flexibility index (Phi) is 11.2. The third kappa shape index (κ3) is 8.39. The first-order valence-corrected chi connectivity index (χ1v) is 24.7. The van der Waals surface area contributed by atoms with E-state index in [2.05, 4.69) is 58.0 Å². The van der Waals surface area contributed by atoms with Crippen molar-refractivity contribution in [3.05, 3.63) is 47.7 Å². The number of rotatable bonds is 11. The van der Waals surface area contributed by atoms with Crippen molar-refractivity contribution in [1.82, 2.24) is 24.8 Å². The fourth-order valence-corrected chi connectivity index (χ4v) is 16.0. The summed E-state index contributed by atoms with van der Waals surface area (Å²) in [7, 11) is -0.931. The highest BCUT2D eigenvalue weighted by atomic mass is 28.3. The summed E-state index contributed by atoms with van der Waals surface area (Å²) in [6.07, 6.45) is 0.382. The van der Waals surface area contributed by atoms with Gasteiger partial charge in [0.05, 0.1) is 31.3 Å². The second-order valence-electron chi connectivity index (χ2n) is 19.7. The number of anilines is 1. The monoisotopic (exact) mass is 904 g/mol. The molecule has 1 amide bonds. The lowest BCUT2D eigenvalue weighted by Crippen LogP contribution is -2.57. The van der Waals surface area contributed by atoms with Crippen molar-refractivity contribution < 1.29 is 42.4 Å². The van der Waals surface area contributed by atoms with E-state index in [1.807, 2.05) is 4.90 Å². The predicted molar refractivity (Wildman–Crippen MR) is 246 cm³/mol. The van der Waals surface area contributed by atoms with E-state index in [1.165, 1.54) is 24.3 Å². The molecule has 0 aliphatic carbocycles. The van der Waals surface area contributed by atoms with E-state index in [9.17, 15) is 7.54 Å². The number of fused-ring (bicyclic) bond motifs is 5. The van der Waals surface area contributed by atoms with E-state index < -0.39 is 62.2 Å². The maximum Gasteiger partial charge on any atom is 0.410 e. The molecule has 2 bridgehead atoms. The van der Waals surface area contributed by atoms with Gasteiger partial charge >= 0.3 is 12.1 Å². The van der Waals surface area contributed by atoms with E-state index in [0.717, 1.165) is 0 Å². The minimum atomic E-state index is -2.75. The molecule has 0 saturated carbocycles. The number of hydrogen-bond acceptors (Lipinski definition) is 10. The first-order valence-electron chi connectivity index (χ1n) is 24.5. The molecule has 4 aromatic rings. The van der Waals surface area contributed by atoms with Gasteiger partial charge in [-0.3, -0.25) is 14.8 Å². The van der Waals surface area contributed by atoms with Gasteiger partial charge in [0.25, 0.3) is 0 Å². The molecule has 2 aromatic heterocycles. The molecular weight excluding hydrogens is 838 g/mol. The third-order valence-corrected chi connectivity index (χ3v) is 19.9. The van der Waals surface area contributed by atoms with Crippen LogP contribution in [0.3, 0.4) is 0 Å². The molecule has 0 radical (unpaired) electrons. The number of nitrogens with zero attached hydrogens (tertiary/aromatic N) is 6. The predicted octanol–water partition coefficient (Wildman–Crippen LogP) is 10.2. The Morgan fingerprint density at radius 2 is 1.73 bits per heavy atom. The molecule has 6 heterocycles. The number of alkyl halides is 1. The number of halogens is 3. The van der Waals surface area contributed by atoms with Crippen LogP contribution in [0, 0.1) is 23.1 Å². The number of ether oxygens (including phenoxy) is 4. The first-order chi connectivity index (χ1) is 31.8. The van der Waals surface area contributed by atoms with Crippen molar-refractivity contribution in [2.75, 3.05) is 51.5 Å². The number of benzene rings is 2. The van der Waals surface area contributed by atoms with Crippen LogP contribution in [-0.4, -0.2) is 115 Å². The zero-order valence-electron chi connectivity index (χ0n) is 42.6. The summed E-state index contributed by atoms with van der Waals surface area (Å²) in [5, 5.41) is 0.976. The summed E-state index contributed by atoms with van der Waals surface area (Å²) in [5.41, 5.74) is 1.67. The average molecular weight is 905 g/mol. The Labute approximate surface area is 382 Å². The Hall–Kier alpha value is -4.65. The molecular formula is C49H63F3N6O5Si. The Morgan fingerprint density at radius 1 is 1.03 bits per heavy atom. The van der Waals surface area contributed by atoms with Crippen LogP contribution in [0.15, 0.2) is 30.5 Å². The number of piperazine rings is 1. The summed E-state index contributed by atoms with van der Waals surface area (Å²) in [6, 6.07) is 5.03. The number of hydrogen-bond donors (Lipinski definition) is 0. The number of carbonyl (C=O) groups excluding carboxylic acids is 1. The highest BCUT2D eigenvalue weighted by Crippen LogP contribution is 2.44. The van der Waals surface area contributed by atoms with E-state index in [1.54, 1.807) is 43.9 Å². The molecule has 2 aromatic carbocycles. The lowest BCUT2D eigenvalue weighted by atomic mass is 9.95. The van der Waals surface area contributed by atoms with Gasteiger partial charge in [-0.05, 0) is 93.2 Å². The number of aromatic nitrogens is 3. The summed E-state index contributed by atoms with van der Waals surface area (Å²) >= 11 is 0. The van der Waals surface area contributed by atoms with Crippen molar-refractivity contribution in [1.29, 1.82) is 0 Å². The van der Waals surface area contributed by atoms with Gasteiger partial charge < -0.3 is 23.8 Å². The summed E-state index contributed by atoms with van der Waals surface area (Å²) in [6.45, 7) is 13.7. The molecule has 11 nitrogen and oxygen atoms in total. The quantitative estimate of drug-likeness (QED) is 0.0821. The van der Waals surface area contributed by atoms with Crippen LogP contribution in [0.4, 0.5) is 23.8 Å². The minimum Gasteiger partial charge on any atom is -0.468 e. The summed E-state index contributed by atoms with van der Waals surface area (Å²) in [5.74, 6) is 2.20. The Balaban J connectivity index is 1.32. The highest BCUT2D eigenvalue weighted by Gasteiger charge is 2.50. The molecule has 0 N–H and O–H groups in total. The topological polar surface area (TPSA) is 102 Å². The maximum atomic E-state index is 18.0. The van der Waals surface area contributed by atoms with E-state index in [0.29, 0.717) is 29.4 Å². The Morgan fingerprint density at radius 3 is 2.39 bits per heavy atom. The zero-order valence-corrected chi connectivity index (χ0v) is 39.6. The molecule has 4 aliphatic rings. The number of carbonyl (C=O) groups is 1. The van der Waals surface area contributed by atoms with Crippen LogP contribution in [0.2, 0.25) is 16.6 Å². The van der Waals surface area contributed by atoms with Crippen LogP contribution < -0.4 is 14.4 Å². The van der Waals surface area contributed by atoms with Crippen LogP contribution in [0.5, 0.6) is 11.8 Å². The van der Waals surface area contributed by atoms with Gasteiger partial charge in [-0.2, -0.15) is 9.97 Å². The number of amides is 1. The number of pyridine rings is 1. The third-order valence-electron chi connectivity index (χ3n) is 13.6. The van der Waals surface area contributed by atoms with Gasteiger partial charge in [-0.1, -0.05) is 53.5 Å². The minimum absolute atomic E-state index is 0.0439. The fourth-order valence-electron chi connectivity index (χ4n) is 10.8. The van der Waals surface area contributed by atoms with Gasteiger partial charge in [-0.25, -0.2) is 18.0 Å². The van der Waals surface area contributed by atoms with Crippen molar-refractivity contribution in [2.24, 2.45) is 0 Å².